The maximum absolute atomic E-state index is 13.3. The van der Waals surface area contributed by atoms with Gasteiger partial charge >= 0.3 is 0 Å². The van der Waals surface area contributed by atoms with Crippen LogP contribution in [0.15, 0.2) is 79.3 Å². The molecule has 2 aromatic carbocycles. The lowest BCUT2D eigenvalue weighted by Crippen LogP contribution is -2.49. The Morgan fingerprint density at radius 3 is 2.50 bits per heavy atom. The highest BCUT2D eigenvalue weighted by Gasteiger charge is 2.21. The normalized spacial score (nSPS) is 14.0. The van der Waals surface area contributed by atoms with Gasteiger partial charge in [-0.05, 0) is 30.3 Å². The monoisotopic (exact) mass is 483 g/mol. The molecule has 9 nitrogen and oxygen atoms in total. The minimum absolute atomic E-state index is 0.147. The standard InChI is InChI=1S/C27H29N7O2/c1-36-23-10-5-7-21(19-23)25-24(20-34(31-25)22-8-3-2-4-9-22)26(35)28-13-14-32-15-17-33(18-16-32)27-29-11-6-12-30-27/h2-12,19-20H,13-18H2,1H3,(H,28,35). The maximum Gasteiger partial charge on any atom is 0.255 e. The molecule has 0 radical (unpaired) electrons. The van der Waals surface area contributed by atoms with Gasteiger partial charge in [0, 0.05) is 63.4 Å². The summed E-state index contributed by atoms with van der Waals surface area (Å²) < 4.78 is 7.13. The van der Waals surface area contributed by atoms with E-state index in [1.54, 1.807) is 30.4 Å². The third-order valence-electron chi connectivity index (χ3n) is 6.24. The first kappa shape index (κ1) is 23.5. The van der Waals surface area contributed by atoms with E-state index in [0.717, 1.165) is 49.9 Å². The van der Waals surface area contributed by atoms with E-state index in [1.165, 1.54) is 0 Å². The van der Waals surface area contributed by atoms with Gasteiger partial charge in [0.25, 0.3) is 5.91 Å². The zero-order valence-corrected chi connectivity index (χ0v) is 20.2. The van der Waals surface area contributed by atoms with Crippen LogP contribution in [0.4, 0.5) is 5.95 Å². The molecule has 2 aromatic heterocycles. The van der Waals surface area contributed by atoms with Gasteiger partial charge in [0.15, 0.2) is 0 Å². The second kappa shape index (κ2) is 11.0. The van der Waals surface area contributed by atoms with E-state index >= 15 is 0 Å². The molecule has 1 N–H and O–H groups in total. The molecule has 4 aromatic rings. The Balaban J connectivity index is 1.25. The van der Waals surface area contributed by atoms with Gasteiger partial charge < -0.3 is 15.0 Å². The van der Waals surface area contributed by atoms with Gasteiger partial charge in [0.05, 0.1) is 18.4 Å². The zero-order valence-electron chi connectivity index (χ0n) is 20.2. The lowest BCUT2D eigenvalue weighted by Gasteiger charge is -2.34. The number of hydrogen-bond donors (Lipinski definition) is 1. The molecule has 36 heavy (non-hydrogen) atoms. The molecule has 1 saturated heterocycles. The van der Waals surface area contributed by atoms with Crippen LogP contribution >= 0.6 is 0 Å². The predicted octanol–water partition coefficient (Wildman–Crippen LogP) is 2.89. The number of rotatable bonds is 8. The number of nitrogens with one attached hydrogen (secondary N) is 1. The first-order valence-electron chi connectivity index (χ1n) is 12.0. The van der Waals surface area contributed by atoms with Crippen LogP contribution < -0.4 is 15.0 Å². The van der Waals surface area contributed by atoms with Crippen molar-refractivity contribution in [3.05, 3.63) is 84.8 Å². The number of benzene rings is 2. The molecule has 0 bridgehead atoms. The van der Waals surface area contributed by atoms with Crippen molar-refractivity contribution in [3.63, 3.8) is 0 Å². The summed E-state index contributed by atoms with van der Waals surface area (Å²) in [6.07, 6.45) is 5.33. The van der Waals surface area contributed by atoms with Gasteiger partial charge in [-0.2, -0.15) is 5.10 Å². The summed E-state index contributed by atoms with van der Waals surface area (Å²) >= 11 is 0. The number of methoxy groups -OCH3 is 1. The van der Waals surface area contributed by atoms with Crippen molar-refractivity contribution in [1.82, 2.24) is 30.0 Å². The topological polar surface area (TPSA) is 88.4 Å². The van der Waals surface area contributed by atoms with Crippen LogP contribution in [0, 0.1) is 0 Å². The van der Waals surface area contributed by atoms with Crippen LogP contribution in [0.25, 0.3) is 16.9 Å². The number of amides is 1. The highest BCUT2D eigenvalue weighted by Crippen LogP contribution is 2.27. The number of carbonyl (C=O) groups excluding carboxylic acids is 1. The third kappa shape index (κ3) is 5.36. The van der Waals surface area contributed by atoms with Crippen LogP contribution in [-0.4, -0.2) is 76.9 Å². The molecule has 1 aliphatic rings. The Labute approximate surface area is 210 Å². The van der Waals surface area contributed by atoms with E-state index in [0.29, 0.717) is 23.6 Å². The Bertz CT molecular complexity index is 1290. The lowest BCUT2D eigenvalue weighted by molar-refractivity contribution is 0.0948. The first-order valence-corrected chi connectivity index (χ1v) is 12.0. The molecule has 0 spiro atoms. The molecular formula is C27H29N7O2. The molecule has 0 unspecified atom stereocenters. The fraction of sp³-hybridized carbons (Fsp3) is 0.259. The van der Waals surface area contributed by atoms with Crippen molar-refractivity contribution < 1.29 is 9.53 Å². The maximum atomic E-state index is 13.3. The molecule has 1 aliphatic heterocycles. The minimum atomic E-state index is -0.147. The summed E-state index contributed by atoms with van der Waals surface area (Å²) in [7, 11) is 1.63. The molecule has 0 aliphatic carbocycles. The van der Waals surface area contributed by atoms with Crippen molar-refractivity contribution >= 4 is 11.9 Å². The van der Waals surface area contributed by atoms with Crippen molar-refractivity contribution in [2.75, 3.05) is 51.3 Å². The van der Waals surface area contributed by atoms with E-state index < -0.39 is 0 Å². The zero-order chi connectivity index (χ0) is 24.7. The molecule has 1 amide bonds. The van der Waals surface area contributed by atoms with Crippen molar-refractivity contribution in [2.45, 2.75) is 0 Å². The summed E-state index contributed by atoms with van der Waals surface area (Å²) in [5, 5.41) is 7.84. The highest BCUT2D eigenvalue weighted by atomic mass is 16.5. The molecule has 5 rings (SSSR count). The molecule has 3 heterocycles. The fourth-order valence-electron chi connectivity index (χ4n) is 4.29. The Kier molecular flexibility index (Phi) is 7.18. The molecule has 9 heteroatoms. The summed E-state index contributed by atoms with van der Waals surface area (Å²) in [4.78, 5) is 26.5. The number of hydrogen-bond acceptors (Lipinski definition) is 7. The predicted molar refractivity (Wildman–Crippen MR) is 139 cm³/mol. The second-order valence-corrected chi connectivity index (χ2v) is 8.54. The van der Waals surface area contributed by atoms with E-state index in [4.69, 9.17) is 9.84 Å². The smallest absolute Gasteiger partial charge is 0.255 e. The Morgan fingerprint density at radius 2 is 1.75 bits per heavy atom. The molecule has 184 valence electrons. The van der Waals surface area contributed by atoms with E-state index in [9.17, 15) is 4.79 Å². The highest BCUT2D eigenvalue weighted by molar-refractivity contribution is 6.00. The van der Waals surface area contributed by atoms with Gasteiger partial charge in [-0.1, -0.05) is 30.3 Å². The number of ether oxygens (including phenoxy) is 1. The minimum Gasteiger partial charge on any atom is -0.497 e. The van der Waals surface area contributed by atoms with E-state index in [2.05, 4.69) is 25.1 Å². The number of nitrogens with zero attached hydrogens (tertiary/aromatic N) is 6. The quantitative estimate of drug-likeness (QED) is 0.412. The molecule has 1 fully saturated rings. The lowest BCUT2D eigenvalue weighted by atomic mass is 10.1. The van der Waals surface area contributed by atoms with Gasteiger partial charge in [-0.3, -0.25) is 9.69 Å². The Morgan fingerprint density at radius 1 is 0.972 bits per heavy atom. The summed E-state index contributed by atoms with van der Waals surface area (Å²) in [5.74, 6) is 1.34. The van der Waals surface area contributed by atoms with Crippen LogP contribution in [0.1, 0.15) is 10.4 Å². The number of piperazine rings is 1. The van der Waals surface area contributed by atoms with E-state index in [-0.39, 0.29) is 5.91 Å². The number of carbonyl (C=O) groups is 1. The first-order chi connectivity index (χ1) is 17.7. The van der Waals surface area contributed by atoms with Gasteiger partial charge in [-0.15, -0.1) is 0 Å². The average molecular weight is 484 g/mol. The number of para-hydroxylation sites is 1. The largest absolute Gasteiger partial charge is 0.497 e. The molecule has 0 atom stereocenters. The van der Waals surface area contributed by atoms with Crippen LogP contribution in [0.3, 0.4) is 0 Å². The number of aromatic nitrogens is 4. The van der Waals surface area contributed by atoms with Gasteiger partial charge in [0.1, 0.15) is 11.4 Å². The number of anilines is 1. The SMILES string of the molecule is COc1cccc(-c2nn(-c3ccccc3)cc2C(=O)NCCN2CCN(c3ncccn3)CC2)c1. The second-order valence-electron chi connectivity index (χ2n) is 8.54. The van der Waals surface area contributed by atoms with Crippen LogP contribution in [-0.2, 0) is 0 Å². The van der Waals surface area contributed by atoms with Crippen LogP contribution in [0.5, 0.6) is 5.75 Å². The van der Waals surface area contributed by atoms with Crippen LogP contribution in [0.2, 0.25) is 0 Å². The average Bonchev–Trinajstić information content (AvgIpc) is 3.40. The Hall–Kier alpha value is -4.24. The van der Waals surface area contributed by atoms with E-state index in [1.807, 2.05) is 60.7 Å². The van der Waals surface area contributed by atoms with Crippen molar-refractivity contribution in [2.24, 2.45) is 0 Å². The summed E-state index contributed by atoms with van der Waals surface area (Å²) in [5.41, 5.74) is 2.86. The molecule has 0 saturated carbocycles. The molecular weight excluding hydrogens is 454 g/mol. The fourth-order valence-corrected chi connectivity index (χ4v) is 4.29. The summed E-state index contributed by atoms with van der Waals surface area (Å²) in [6, 6.07) is 19.2. The third-order valence-corrected chi connectivity index (χ3v) is 6.24. The van der Waals surface area contributed by atoms with Crippen molar-refractivity contribution in [1.29, 1.82) is 0 Å². The van der Waals surface area contributed by atoms with Crippen molar-refractivity contribution in [3.8, 4) is 22.7 Å². The van der Waals surface area contributed by atoms with Gasteiger partial charge in [0.2, 0.25) is 5.95 Å². The summed E-state index contributed by atoms with van der Waals surface area (Å²) in [6.45, 7) is 4.85. The van der Waals surface area contributed by atoms with Gasteiger partial charge in [-0.25, -0.2) is 14.6 Å².